The van der Waals surface area contributed by atoms with Crippen LogP contribution in [0, 0.1) is 0 Å². The third-order valence-corrected chi connectivity index (χ3v) is 13.4. The van der Waals surface area contributed by atoms with Gasteiger partial charge in [-0.05, 0) is 76.7 Å². The first kappa shape index (κ1) is 67.5. The lowest BCUT2D eigenvalue weighted by Crippen LogP contribution is -2.47. The second-order valence-electron chi connectivity index (χ2n) is 20.4. The lowest BCUT2D eigenvalue weighted by atomic mass is 10.0. The highest BCUT2D eigenvalue weighted by atomic mass is 31.2. The number of carbonyl (C=O) groups is 2. The maximum Gasteiger partial charge on any atom is 0.472 e. The van der Waals surface area contributed by atoms with Crippen LogP contribution < -0.4 is 5.32 Å². The van der Waals surface area contributed by atoms with Crippen molar-refractivity contribution in [3.8, 4) is 0 Å². The van der Waals surface area contributed by atoms with Gasteiger partial charge in [-0.15, -0.1) is 0 Å². The summed E-state index contributed by atoms with van der Waals surface area (Å²) >= 11 is 0. The molecular formula is C60H110N2O7P+. The minimum absolute atomic E-state index is 0.0354. The molecule has 2 N–H and O–H groups in total. The van der Waals surface area contributed by atoms with Crippen LogP contribution in [-0.4, -0.2) is 74.3 Å². The molecule has 0 bridgehead atoms. The molecule has 0 aromatic rings. The zero-order valence-corrected chi connectivity index (χ0v) is 47.1. The van der Waals surface area contributed by atoms with Gasteiger partial charge in [0.1, 0.15) is 19.3 Å². The Kier molecular flexibility index (Phi) is 48.2. The Morgan fingerprint density at radius 1 is 0.514 bits per heavy atom. The molecule has 9 nitrogen and oxygen atoms in total. The molecule has 0 radical (unpaired) electrons. The largest absolute Gasteiger partial charge is 0.472 e. The Bertz CT molecular complexity index is 1430. The second-order valence-corrected chi connectivity index (χ2v) is 21.9. The molecule has 0 aliphatic rings. The topological polar surface area (TPSA) is 111 Å². The van der Waals surface area contributed by atoms with Crippen molar-refractivity contribution in [1.29, 1.82) is 0 Å². The van der Waals surface area contributed by atoms with E-state index in [-0.39, 0.29) is 31.5 Å². The van der Waals surface area contributed by atoms with Crippen molar-refractivity contribution in [2.75, 3.05) is 40.9 Å². The SMILES string of the molecule is CC/C=C\C/C=C\C/C=C\C/C=C\C/C=C\CCCCCCCC(=O)OC(/C=C/CCCCCCCCCCCC)C(COP(=O)(O)OCC[N+](C)(C)C)NC(=O)CCCCCCCCCCCCC. The zero-order valence-electron chi connectivity index (χ0n) is 46.2. The summed E-state index contributed by atoms with van der Waals surface area (Å²) in [5.74, 6) is -0.527. The van der Waals surface area contributed by atoms with Gasteiger partial charge in [0.15, 0.2) is 0 Å². The van der Waals surface area contributed by atoms with E-state index in [4.69, 9.17) is 13.8 Å². The van der Waals surface area contributed by atoms with Gasteiger partial charge >= 0.3 is 13.8 Å². The highest BCUT2D eigenvalue weighted by Crippen LogP contribution is 2.43. The van der Waals surface area contributed by atoms with Crippen LogP contribution in [0.5, 0.6) is 0 Å². The molecule has 3 atom stereocenters. The fourth-order valence-corrected chi connectivity index (χ4v) is 8.70. The Balaban J connectivity index is 5.31. The van der Waals surface area contributed by atoms with Gasteiger partial charge in [0.05, 0.1) is 33.8 Å². The molecule has 0 aromatic carbocycles. The summed E-state index contributed by atoms with van der Waals surface area (Å²) in [5.41, 5.74) is 0. The van der Waals surface area contributed by atoms with E-state index in [9.17, 15) is 19.0 Å². The number of nitrogens with one attached hydrogen (secondary N) is 1. The van der Waals surface area contributed by atoms with E-state index in [1.54, 1.807) is 0 Å². The number of hydrogen-bond donors (Lipinski definition) is 2. The normalized spacial score (nSPS) is 14.3. The van der Waals surface area contributed by atoms with Crippen molar-refractivity contribution in [3.63, 3.8) is 0 Å². The van der Waals surface area contributed by atoms with Crippen LogP contribution in [0.1, 0.15) is 245 Å². The summed E-state index contributed by atoms with van der Waals surface area (Å²) < 4.78 is 30.6. The monoisotopic (exact) mass is 1000 g/mol. The minimum Gasteiger partial charge on any atom is -0.456 e. The summed E-state index contributed by atoms with van der Waals surface area (Å²) in [6.45, 7) is 6.87. The van der Waals surface area contributed by atoms with E-state index in [0.717, 1.165) is 103 Å². The van der Waals surface area contributed by atoms with E-state index in [1.165, 1.54) is 103 Å². The molecule has 0 aliphatic carbocycles. The Labute approximate surface area is 432 Å². The number of phosphoric acid groups is 1. The van der Waals surface area contributed by atoms with Crippen LogP contribution in [0.2, 0.25) is 0 Å². The van der Waals surface area contributed by atoms with Gasteiger partial charge in [0.25, 0.3) is 0 Å². The molecular weight excluding hydrogens is 892 g/mol. The van der Waals surface area contributed by atoms with Crippen molar-refractivity contribution in [3.05, 3.63) is 72.9 Å². The van der Waals surface area contributed by atoms with Crippen molar-refractivity contribution < 1.29 is 37.3 Å². The van der Waals surface area contributed by atoms with Crippen LogP contribution in [0.3, 0.4) is 0 Å². The molecule has 0 fully saturated rings. The van der Waals surface area contributed by atoms with Gasteiger partial charge in [-0.2, -0.15) is 0 Å². The molecule has 70 heavy (non-hydrogen) atoms. The van der Waals surface area contributed by atoms with Gasteiger partial charge in [-0.25, -0.2) is 4.57 Å². The first-order valence-electron chi connectivity index (χ1n) is 28.8. The van der Waals surface area contributed by atoms with Crippen LogP contribution in [0.4, 0.5) is 0 Å². The van der Waals surface area contributed by atoms with Crippen LogP contribution in [-0.2, 0) is 27.9 Å². The van der Waals surface area contributed by atoms with Crippen LogP contribution >= 0.6 is 7.82 Å². The smallest absolute Gasteiger partial charge is 0.456 e. The summed E-state index contributed by atoms with van der Waals surface area (Å²) in [7, 11) is 1.48. The average molecular weight is 1000 g/mol. The molecule has 3 unspecified atom stereocenters. The summed E-state index contributed by atoms with van der Waals surface area (Å²) in [6.07, 6.45) is 63.2. The lowest BCUT2D eigenvalue weighted by Gasteiger charge is -2.27. The van der Waals surface area contributed by atoms with Crippen molar-refractivity contribution in [1.82, 2.24) is 5.32 Å². The van der Waals surface area contributed by atoms with E-state index >= 15 is 0 Å². The number of ether oxygens (including phenoxy) is 1. The molecule has 0 aliphatic heterocycles. The van der Waals surface area contributed by atoms with Gasteiger partial charge < -0.3 is 19.4 Å². The molecule has 10 heteroatoms. The van der Waals surface area contributed by atoms with Crippen molar-refractivity contribution in [2.45, 2.75) is 258 Å². The number of nitrogens with zero attached hydrogens (tertiary/aromatic N) is 1. The number of carbonyl (C=O) groups excluding carboxylic acids is 2. The standard InChI is InChI=1S/C60H109N2O7P/c1-7-10-13-16-19-22-25-27-28-29-30-31-32-33-34-35-38-41-44-47-50-53-60(64)69-58(51-48-45-42-39-37-26-23-20-17-14-11-8-2)57(56-68-70(65,66)67-55-54-62(4,5)6)61-59(63)52-49-46-43-40-36-24-21-18-15-12-9-3/h10,13,19,22,27-28,30-31,33-34,48,51,57-58H,7-9,11-12,14-18,20-21,23-26,29,32,35-47,49-50,52-56H2,1-6H3,(H-,61,63,65,66)/p+1/b13-10-,22-19-,28-27-,31-30-,34-33-,51-48+. The van der Waals surface area contributed by atoms with Crippen LogP contribution in [0.25, 0.3) is 0 Å². The number of allylic oxidation sites excluding steroid dienone is 11. The quantitative estimate of drug-likeness (QED) is 0.0205. The predicted octanol–water partition coefficient (Wildman–Crippen LogP) is 17.3. The number of unbranched alkanes of at least 4 members (excludes halogenated alkanes) is 25. The highest BCUT2D eigenvalue weighted by Gasteiger charge is 2.30. The number of likely N-dealkylation sites (N-methyl/N-ethyl adjacent to an activating group) is 1. The fraction of sp³-hybridized carbons (Fsp3) is 0.767. The van der Waals surface area contributed by atoms with E-state index < -0.39 is 20.0 Å². The maximum absolute atomic E-state index is 13.5. The second kappa shape index (κ2) is 50.0. The van der Waals surface area contributed by atoms with E-state index in [0.29, 0.717) is 23.9 Å². The number of rotatable bonds is 51. The molecule has 0 spiro atoms. The first-order chi connectivity index (χ1) is 33.9. The molecule has 0 aromatic heterocycles. The summed E-state index contributed by atoms with van der Waals surface area (Å²) in [6, 6.07) is -0.855. The Morgan fingerprint density at radius 3 is 1.37 bits per heavy atom. The minimum atomic E-state index is -4.45. The maximum atomic E-state index is 13.5. The van der Waals surface area contributed by atoms with Gasteiger partial charge in [0.2, 0.25) is 5.91 Å². The fourth-order valence-electron chi connectivity index (χ4n) is 7.97. The zero-order chi connectivity index (χ0) is 51.5. The van der Waals surface area contributed by atoms with Crippen LogP contribution in [0.15, 0.2) is 72.9 Å². The number of quaternary nitrogens is 1. The molecule has 406 valence electrons. The van der Waals surface area contributed by atoms with Crippen molar-refractivity contribution >= 4 is 19.7 Å². The summed E-state index contributed by atoms with van der Waals surface area (Å²) in [5, 5.41) is 3.04. The number of phosphoric ester groups is 1. The first-order valence-corrected chi connectivity index (χ1v) is 30.3. The van der Waals surface area contributed by atoms with E-state index in [2.05, 4.69) is 86.8 Å². The Morgan fingerprint density at radius 2 is 0.914 bits per heavy atom. The van der Waals surface area contributed by atoms with Gasteiger partial charge in [0, 0.05) is 12.8 Å². The summed E-state index contributed by atoms with van der Waals surface area (Å²) in [4.78, 5) is 37.5. The number of hydrogen-bond acceptors (Lipinski definition) is 6. The van der Waals surface area contributed by atoms with Gasteiger partial charge in [-0.3, -0.25) is 18.6 Å². The third kappa shape index (κ3) is 50.4. The third-order valence-electron chi connectivity index (χ3n) is 12.4. The average Bonchev–Trinajstić information content (AvgIpc) is 3.32. The van der Waals surface area contributed by atoms with Gasteiger partial charge in [-0.1, -0.05) is 229 Å². The molecule has 0 saturated heterocycles. The highest BCUT2D eigenvalue weighted by molar-refractivity contribution is 7.47. The molecule has 0 heterocycles. The number of esters is 1. The molecule has 0 rings (SSSR count). The van der Waals surface area contributed by atoms with Crippen molar-refractivity contribution in [2.24, 2.45) is 0 Å². The lowest BCUT2D eigenvalue weighted by molar-refractivity contribution is -0.870. The Hall–Kier alpha value is -2.55. The number of amides is 1. The van der Waals surface area contributed by atoms with E-state index in [1.807, 2.05) is 33.3 Å². The predicted molar refractivity (Wildman–Crippen MR) is 300 cm³/mol. The molecule has 0 saturated carbocycles. The molecule has 1 amide bonds.